The minimum atomic E-state index is -4.25. The normalized spacial score (nSPS) is 12.5. The van der Waals surface area contributed by atoms with Gasteiger partial charge < -0.3 is 15.0 Å². The zero-order valence-corrected chi connectivity index (χ0v) is 31.1. The van der Waals surface area contributed by atoms with E-state index in [4.69, 9.17) is 27.9 Å². The Kier molecular flexibility index (Phi) is 13.8. The number of nitrogens with zero attached hydrogens (tertiary/aromatic N) is 2. The lowest BCUT2D eigenvalue weighted by Crippen LogP contribution is -2.54. The topological polar surface area (TPSA) is 96.0 Å². The first-order valence-corrected chi connectivity index (χ1v) is 19.4. The molecule has 260 valence electrons. The fourth-order valence-corrected chi connectivity index (χ4v) is 7.25. The fraction of sp³-hybridized carbons (Fsp3) is 0.297. The first-order chi connectivity index (χ1) is 23.5. The number of anilines is 1. The number of nitrogens with one attached hydrogen (secondary N) is 1. The molecule has 0 aliphatic rings. The number of halogens is 2. The first-order valence-electron chi connectivity index (χ1n) is 15.9. The molecular weight excluding hydrogens is 701 g/mol. The molecule has 0 aliphatic heterocycles. The lowest BCUT2D eigenvalue weighted by Gasteiger charge is -2.34. The summed E-state index contributed by atoms with van der Waals surface area (Å²) in [5, 5.41) is 3.67. The lowest BCUT2D eigenvalue weighted by molar-refractivity contribution is -0.140. The summed E-state index contributed by atoms with van der Waals surface area (Å²) >= 11 is 14.1. The summed E-state index contributed by atoms with van der Waals surface area (Å²) in [5.74, 6) is -0.371. The molecular formula is C37H41Cl2N3O5S2. The second-order valence-electron chi connectivity index (χ2n) is 11.4. The van der Waals surface area contributed by atoms with Crippen molar-refractivity contribution in [3.8, 4) is 5.75 Å². The van der Waals surface area contributed by atoms with Gasteiger partial charge in [-0.2, -0.15) is 0 Å². The van der Waals surface area contributed by atoms with Crippen LogP contribution in [-0.2, 0) is 32.6 Å². The third-order valence-corrected chi connectivity index (χ3v) is 11.2. The molecule has 0 radical (unpaired) electrons. The van der Waals surface area contributed by atoms with E-state index in [1.54, 1.807) is 54.6 Å². The molecule has 0 saturated carbocycles. The highest BCUT2D eigenvalue weighted by Crippen LogP contribution is 2.29. The minimum Gasteiger partial charge on any atom is -0.494 e. The van der Waals surface area contributed by atoms with Crippen LogP contribution in [0.4, 0.5) is 5.69 Å². The largest absolute Gasteiger partial charge is 0.494 e. The van der Waals surface area contributed by atoms with Crippen LogP contribution < -0.4 is 14.4 Å². The second kappa shape index (κ2) is 17.8. The molecule has 1 N–H and O–H groups in total. The maximum Gasteiger partial charge on any atom is 0.264 e. The summed E-state index contributed by atoms with van der Waals surface area (Å²) in [6.45, 7) is 5.54. The van der Waals surface area contributed by atoms with Crippen LogP contribution in [0.1, 0.15) is 38.3 Å². The van der Waals surface area contributed by atoms with Gasteiger partial charge in [-0.1, -0.05) is 66.5 Å². The molecule has 2 amide bonds. The number of hydrogen-bond donors (Lipinski definition) is 1. The Bertz CT molecular complexity index is 1810. The number of carbonyl (C=O) groups excluding carboxylic acids is 2. The van der Waals surface area contributed by atoms with Gasteiger partial charge in [0, 0.05) is 23.9 Å². The van der Waals surface area contributed by atoms with Crippen LogP contribution in [0.15, 0.2) is 107 Å². The SMILES string of the molecule is CCOc1ccc(N(CC(=O)N(Cc2ccc(Cl)c(Cl)c2)[C@H](Cc2ccccc2)C(=O)N[C@@H](C)CC)S(=O)(=O)c2ccc(SC)cc2)cc1. The van der Waals surface area contributed by atoms with Crippen molar-refractivity contribution in [3.63, 3.8) is 0 Å². The molecule has 12 heteroatoms. The fourth-order valence-electron chi connectivity index (χ4n) is 5.11. The molecule has 4 rings (SSSR count). The second-order valence-corrected chi connectivity index (χ2v) is 15.0. The highest BCUT2D eigenvalue weighted by molar-refractivity contribution is 7.98. The Morgan fingerprint density at radius 3 is 2.14 bits per heavy atom. The molecule has 0 aromatic heterocycles. The van der Waals surface area contributed by atoms with Crippen LogP contribution in [0.25, 0.3) is 0 Å². The van der Waals surface area contributed by atoms with E-state index in [0.717, 1.165) is 14.8 Å². The van der Waals surface area contributed by atoms with Gasteiger partial charge in [-0.05, 0) is 98.3 Å². The molecule has 0 spiro atoms. The van der Waals surface area contributed by atoms with Crippen LogP contribution in [0.2, 0.25) is 10.0 Å². The molecule has 0 bridgehead atoms. The van der Waals surface area contributed by atoms with E-state index < -0.39 is 28.5 Å². The van der Waals surface area contributed by atoms with Crippen molar-refractivity contribution in [3.05, 3.63) is 118 Å². The Balaban J connectivity index is 1.82. The van der Waals surface area contributed by atoms with Crippen LogP contribution in [-0.4, -0.2) is 56.6 Å². The number of benzene rings is 4. The highest BCUT2D eigenvalue weighted by atomic mass is 35.5. The molecule has 0 aliphatic carbocycles. The van der Waals surface area contributed by atoms with Gasteiger partial charge >= 0.3 is 0 Å². The summed E-state index contributed by atoms with van der Waals surface area (Å²) in [4.78, 5) is 31.0. The van der Waals surface area contributed by atoms with E-state index >= 15 is 0 Å². The predicted molar refractivity (Wildman–Crippen MR) is 199 cm³/mol. The van der Waals surface area contributed by atoms with E-state index in [2.05, 4.69) is 5.32 Å². The number of ether oxygens (including phenoxy) is 1. The minimum absolute atomic E-state index is 0.0263. The maximum absolute atomic E-state index is 14.7. The molecule has 0 saturated heterocycles. The molecule has 0 heterocycles. The van der Waals surface area contributed by atoms with Gasteiger partial charge in [-0.3, -0.25) is 13.9 Å². The predicted octanol–water partition coefficient (Wildman–Crippen LogP) is 7.86. The van der Waals surface area contributed by atoms with Crippen molar-refractivity contribution in [1.82, 2.24) is 10.2 Å². The first kappa shape index (κ1) is 38.1. The number of hydrogen-bond acceptors (Lipinski definition) is 6. The van der Waals surface area contributed by atoms with Gasteiger partial charge in [0.15, 0.2) is 0 Å². The van der Waals surface area contributed by atoms with E-state index in [0.29, 0.717) is 34.4 Å². The Labute approximate surface area is 303 Å². The van der Waals surface area contributed by atoms with Crippen molar-refractivity contribution in [2.75, 3.05) is 23.7 Å². The lowest BCUT2D eigenvalue weighted by atomic mass is 10.0. The van der Waals surface area contributed by atoms with Crippen LogP contribution in [0, 0.1) is 0 Å². The molecule has 2 atom stereocenters. The van der Waals surface area contributed by atoms with Gasteiger partial charge in [0.05, 0.1) is 27.2 Å². The third-order valence-electron chi connectivity index (χ3n) is 7.97. The third kappa shape index (κ3) is 10.2. The highest BCUT2D eigenvalue weighted by Gasteiger charge is 2.35. The Morgan fingerprint density at radius 2 is 1.55 bits per heavy atom. The van der Waals surface area contributed by atoms with Gasteiger partial charge in [0.25, 0.3) is 10.0 Å². The van der Waals surface area contributed by atoms with Gasteiger partial charge in [-0.25, -0.2) is 8.42 Å². The number of thioether (sulfide) groups is 1. The van der Waals surface area contributed by atoms with Crippen molar-refractivity contribution in [2.45, 2.75) is 62.0 Å². The van der Waals surface area contributed by atoms with Crippen molar-refractivity contribution >= 4 is 62.5 Å². The number of amides is 2. The standard InChI is InChI=1S/C37H41Cl2N3O5S2/c1-5-26(3)40-37(44)35(23-27-10-8-7-9-11-27)41(24-28-12-21-33(38)34(39)22-28)36(43)25-42(29-13-15-30(16-14-29)47-6-2)49(45,46)32-19-17-31(48-4)18-20-32/h7-22,26,35H,5-6,23-25H2,1-4H3,(H,40,44)/t26-,35+/m0/s1. The summed E-state index contributed by atoms with van der Waals surface area (Å²) in [7, 11) is -4.25. The van der Waals surface area contributed by atoms with E-state index in [1.165, 1.54) is 28.8 Å². The Morgan fingerprint density at radius 1 is 0.878 bits per heavy atom. The van der Waals surface area contributed by atoms with Crippen LogP contribution in [0.5, 0.6) is 5.75 Å². The maximum atomic E-state index is 14.7. The Hall–Kier alpha value is -3.70. The summed E-state index contributed by atoms with van der Waals surface area (Å²) in [5.41, 5.74) is 1.73. The zero-order valence-electron chi connectivity index (χ0n) is 27.9. The number of sulfonamides is 1. The average molecular weight is 743 g/mol. The molecule has 49 heavy (non-hydrogen) atoms. The van der Waals surface area contributed by atoms with Crippen molar-refractivity contribution in [2.24, 2.45) is 0 Å². The average Bonchev–Trinajstić information content (AvgIpc) is 3.11. The quantitative estimate of drug-likeness (QED) is 0.118. The van der Waals surface area contributed by atoms with Crippen molar-refractivity contribution < 1.29 is 22.7 Å². The summed E-state index contributed by atoms with van der Waals surface area (Å²) in [6.07, 6.45) is 2.78. The zero-order chi connectivity index (χ0) is 35.6. The number of carbonyl (C=O) groups is 2. The van der Waals surface area contributed by atoms with Gasteiger partial charge in [0.2, 0.25) is 11.8 Å². The van der Waals surface area contributed by atoms with Gasteiger partial charge in [-0.15, -0.1) is 11.8 Å². The van der Waals surface area contributed by atoms with Crippen LogP contribution in [0.3, 0.4) is 0 Å². The molecule has 0 fully saturated rings. The summed E-state index contributed by atoms with van der Waals surface area (Å²) < 4.78 is 35.3. The van der Waals surface area contributed by atoms with E-state index in [1.807, 2.05) is 57.4 Å². The van der Waals surface area contributed by atoms with E-state index in [9.17, 15) is 18.0 Å². The smallest absolute Gasteiger partial charge is 0.264 e. The number of rotatable bonds is 16. The molecule has 4 aromatic rings. The molecule has 0 unspecified atom stereocenters. The van der Waals surface area contributed by atoms with Crippen LogP contribution >= 0.6 is 35.0 Å². The summed E-state index contributed by atoms with van der Waals surface area (Å²) in [6, 6.07) is 26.3. The van der Waals surface area contributed by atoms with Crippen molar-refractivity contribution in [1.29, 1.82) is 0 Å². The van der Waals surface area contributed by atoms with E-state index in [-0.39, 0.29) is 35.5 Å². The molecule has 8 nitrogen and oxygen atoms in total. The molecule has 4 aromatic carbocycles. The van der Waals surface area contributed by atoms with Gasteiger partial charge in [0.1, 0.15) is 18.3 Å². The monoisotopic (exact) mass is 741 g/mol.